The molecule has 0 aliphatic carbocycles. The highest BCUT2D eigenvalue weighted by Crippen LogP contribution is 2.36. The molecule has 0 atom stereocenters. The number of hydrogen-bond donors (Lipinski definition) is 1. The Labute approximate surface area is 114 Å². The Morgan fingerprint density at radius 1 is 0.944 bits per heavy atom. The maximum absolute atomic E-state index is 6.30. The Morgan fingerprint density at radius 2 is 1.39 bits per heavy atom. The van der Waals surface area contributed by atoms with E-state index in [-0.39, 0.29) is 11.0 Å². The van der Waals surface area contributed by atoms with Gasteiger partial charge in [-0.2, -0.15) is 0 Å². The van der Waals surface area contributed by atoms with Crippen molar-refractivity contribution < 1.29 is 0 Å². The lowest BCUT2D eigenvalue weighted by Gasteiger charge is -2.45. The SMILES string of the molecule is CC(C)(C)C1CCN(CC(C)(C)C(C)(C)N)CC1. The van der Waals surface area contributed by atoms with Gasteiger partial charge in [0.05, 0.1) is 0 Å². The van der Waals surface area contributed by atoms with Crippen LogP contribution in [0.15, 0.2) is 0 Å². The fourth-order valence-electron chi connectivity index (χ4n) is 2.72. The predicted molar refractivity (Wildman–Crippen MR) is 80.7 cm³/mol. The summed E-state index contributed by atoms with van der Waals surface area (Å²) in [7, 11) is 0. The van der Waals surface area contributed by atoms with E-state index in [2.05, 4.69) is 53.4 Å². The minimum absolute atomic E-state index is 0.117. The quantitative estimate of drug-likeness (QED) is 0.835. The Kier molecular flexibility index (Phi) is 4.55. The topological polar surface area (TPSA) is 29.3 Å². The zero-order valence-electron chi connectivity index (χ0n) is 13.6. The number of piperidine rings is 1. The van der Waals surface area contributed by atoms with Crippen molar-refractivity contribution in [2.45, 2.75) is 66.8 Å². The molecular formula is C16H34N2. The molecule has 0 bridgehead atoms. The maximum atomic E-state index is 6.30. The van der Waals surface area contributed by atoms with E-state index in [1.165, 1.54) is 25.9 Å². The molecule has 0 unspecified atom stereocenters. The van der Waals surface area contributed by atoms with Crippen molar-refractivity contribution in [1.29, 1.82) is 0 Å². The molecule has 108 valence electrons. The molecule has 1 rings (SSSR count). The maximum Gasteiger partial charge on any atom is 0.0161 e. The summed E-state index contributed by atoms with van der Waals surface area (Å²) in [5.41, 5.74) is 6.82. The normalized spacial score (nSPS) is 21.3. The summed E-state index contributed by atoms with van der Waals surface area (Å²) in [5.74, 6) is 0.878. The minimum Gasteiger partial charge on any atom is -0.325 e. The van der Waals surface area contributed by atoms with Gasteiger partial charge in [0.25, 0.3) is 0 Å². The molecule has 1 heterocycles. The van der Waals surface area contributed by atoms with Gasteiger partial charge in [0.1, 0.15) is 0 Å². The van der Waals surface area contributed by atoms with E-state index >= 15 is 0 Å². The standard InChI is InChI=1S/C16H34N2/c1-14(2,3)13-8-10-18(11-9-13)12-15(4,5)16(6,7)17/h13H,8-12,17H2,1-7H3. The van der Waals surface area contributed by atoms with Crippen LogP contribution >= 0.6 is 0 Å². The summed E-state index contributed by atoms with van der Waals surface area (Å²) < 4.78 is 0. The van der Waals surface area contributed by atoms with Crippen molar-refractivity contribution in [1.82, 2.24) is 4.90 Å². The Balaban J connectivity index is 2.50. The highest BCUT2D eigenvalue weighted by molar-refractivity contribution is 4.93. The second-order valence-electron chi connectivity index (χ2n) is 8.52. The second kappa shape index (κ2) is 5.13. The van der Waals surface area contributed by atoms with Gasteiger partial charge in [0.15, 0.2) is 0 Å². The third-order valence-corrected chi connectivity index (χ3v) is 5.18. The smallest absolute Gasteiger partial charge is 0.0161 e. The van der Waals surface area contributed by atoms with Gasteiger partial charge in [-0.25, -0.2) is 0 Å². The molecule has 2 nitrogen and oxygen atoms in total. The van der Waals surface area contributed by atoms with Crippen LogP contribution in [0.25, 0.3) is 0 Å². The number of hydrogen-bond acceptors (Lipinski definition) is 2. The van der Waals surface area contributed by atoms with Gasteiger partial charge in [-0.15, -0.1) is 0 Å². The summed E-state index contributed by atoms with van der Waals surface area (Å²) in [5, 5.41) is 0. The molecule has 1 saturated heterocycles. The number of likely N-dealkylation sites (tertiary alicyclic amines) is 1. The summed E-state index contributed by atoms with van der Waals surface area (Å²) in [4.78, 5) is 2.61. The van der Waals surface area contributed by atoms with Gasteiger partial charge in [0, 0.05) is 12.1 Å². The highest BCUT2D eigenvalue weighted by atomic mass is 15.1. The average Bonchev–Trinajstić information content (AvgIpc) is 2.14. The fraction of sp³-hybridized carbons (Fsp3) is 1.00. The van der Waals surface area contributed by atoms with Crippen LogP contribution in [0, 0.1) is 16.7 Å². The number of nitrogens with two attached hydrogens (primary N) is 1. The molecule has 0 spiro atoms. The zero-order chi connectivity index (χ0) is 14.2. The Morgan fingerprint density at radius 3 is 1.72 bits per heavy atom. The van der Waals surface area contributed by atoms with Crippen molar-refractivity contribution in [3.63, 3.8) is 0 Å². The first kappa shape index (κ1) is 16.0. The molecule has 2 heteroatoms. The summed E-state index contributed by atoms with van der Waals surface area (Å²) >= 11 is 0. The van der Waals surface area contributed by atoms with E-state index in [1.807, 2.05) is 0 Å². The summed E-state index contributed by atoms with van der Waals surface area (Å²) in [6.07, 6.45) is 2.68. The molecule has 1 aliphatic rings. The third-order valence-electron chi connectivity index (χ3n) is 5.18. The van der Waals surface area contributed by atoms with Gasteiger partial charge < -0.3 is 10.6 Å². The van der Waals surface area contributed by atoms with Crippen LogP contribution < -0.4 is 5.73 Å². The molecule has 18 heavy (non-hydrogen) atoms. The number of nitrogens with zero attached hydrogens (tertiary/aromatic N) is 1. The van der Waals surface area contributed by atoms with E-state index in [0.717, 1.165) is 12.5 Å². The van der Waals surface area contributed by atoms with Crippen LogP contribution in [0.5, 0.6) is 0 Å². The van der Waals surface area contributed by atoms with E-state index < -0.39 is 0 Å². The molecular weight excluding hydrogens is 220 g/mol. The molecule has 0 radical (unpaired) electrons. The van der Waals surface area contributed by atoms with Crippen molar-refractivity contribution >= 4 is 0 Å². The first-order chi connectivity index (χ1) is 7.93. The number of rotatable bonds is 3. The van der Waals surface area contributed by atoms with Gasteiger partial charge in [-0.3, -0.25) is 0 Å². The first-order valence-electron chi connectivity index (χ1n) is 7.45. The molecule has 2 N–H and O–H groups in total. The molecule has 1 aliphatic heterocycles. The lowest BCUT2D eigenvalue weighted by atomic mass is 9.73. The van der Waals surface area contributed by atoms with Gasteiger partial charge in [-0.1, -0.05) is 34.6 Å². The van der Waals surface area contributed by atoms with Crippen molar-refractivity contribution in [3.8, 4) is 0 Å². The van der Waals surface area contributed by atoms with Gasteiger partial charge in [-0.05, 0) is 56.5 Å². The summed E-state index contributed by atoms with van der Waals surface area (Å²) in [6.45, 7) is 19.6. The lowest BCUT2D eigenvalue weighted by molar-refractivity contribution is 0.0607. The molecule has 0 saturated carbocycles. The van der Waals surface area contributed by atoms with Crippen LogP contribution in [0.3, 0.4) is 0 Å². The highest BCUT2D eigenvalue weighted by Gasteiger charge is 2.36. The van der Waals surface area contributed by atoms with Crippen molar-refractivity contribution in [3.05, 3.63) is 0 Å². The van der Waals surface area contributed by atoms with Gasteiger partial charge >= 0.3 is 0 Å². The van der Waals surface area contributed by atoms with Crippen LogP contribution in [0.4, 0.5) is 0 Å². The van der Waals surface area contributed by atoms with Gasteiger partial charge in [0.2, 0.25) is 0 Å². The van der Waals surface area contributed by atoms with E-state index in [9.17, 15) is 0 Å². The largest absolute Gasteiger partial charge is 0.325 e. The second-order valence-corrected chi connectivity index (χ2v) is 8.52. The predicted octanol–water partition coefficient (Wildman–Crippen LogP) is 3.51. The van der Waals surface area contributed by atoms with Crippen LogP contribution in [-0.4, -0.2) is 30.1 Å². The van der Waals surface area contributed by atoms with Crippen molar-refractivity contribution in [2.24, 2.45) is 22.5 Å². The van der Waals surface area contributed by atoms with Crippen LogP contribution in [0.1, 0.15) is 61.3 Å². The average molecular weight is 254 g/mol. The first-order valence-corrected chi connectivity index (χ1v) is 7.45. The molecule has 0 aromatic carbocycles. The molecule has 0 aromatic rings. The van der Waals surface area contributed by atoms with Crippen LogP contribution in [0.2, 0.25) is 0 Å². The van der Waals surface area contributed by atoms with E-state index in [4.69, 9.17) is 5.73 Å². The zero-order valence-corrected chi connectivity index (χ0v) is 13.6. The van der Waals surface area contributed by atoms with Crippen LogP contribution in [-0.2, 0) is 0 Å². The Bertz CT molecular complexity index is 260. The molecule has 0 aromatic heterocycles. The lowest BCUT2D eigenvalue weighted by Crippen LogP contribution is -2.54. The molecule has 0 amide bonds. The third kappa shape index (κ3) is 3.96. The monoisotopic (exact) mass is 254 g/mol. The molecule has 1 fully saturated rings. The van der Waals surface area contributed by atoms with E-state index in [0.29, 0.717) is 5.41 Å². The minimum atomic E-state index is -0.117. The Hall–Kier alpha value is -0.0800. The fourth-order valence-corrected chi connectivity index (χ4v) is 2.72. The van der Waals surface area contributed by atoms with Crippen molar-refractivity contribution in [2.75, 3.05) is 19.6 Å². The summed E-state index contributed by atoms with van der Waals surface area (Å²) in [6, 6.07) is 0. The van der Waals surface area contributed by atoms with E-state index in [1.54, 1.807) is 0 Å².